The standard InChI is InChI=1S/C25H30ClN3O4/c1-3-14-28(17-23(30)27-21-8-4-5-9-22(21)33-2)25(32)19-7-6-15-29(16-19)24(31)18-10-12-20(26)13-11-18/h4-5,8-13,19H,3,6-7,14-17H2,1-2H3,(H,27,30). The highest BCUT2D eigenvalue weighted by Gasteiger charge is 2.32. The van der Waals surface area contributed by atoms with E-state index >= 15 is 0 Å². The largest absolute Gasteiger partial charge is 0.495 e. The molecule has 1 aliphatic rings. The zero-order chi connectivity index (χ0) is 23.8. The van der Waals surface area contributed by atoms with Crippen molar-refractivity contribution < 1.29 is 19.1 Å². The monoisotopic (exact) mass is 471 g/mol. The third kappa shape index (κ3) is 6.48. The van der Waals surface area contributed by atoms with E-state index in [9.17, 15) is 14.4 Å². The van der Waals surface area contributed by atoms with Gasteiger partial charge in [-0.15, -0.1) is 0 Å². The highest BCUT2D eigenvalue weighted by atomic mass is 35.5. The first-order valence-corrected chi connectivity index (χ1v) is 11.6. The van der Waals surface area contributed by atoms with Crippen LogP contribution in [0.2, 0.25) is 5.02 Å². The van der Waals surface area contributed by atoms with Gasteiger partial charge in [-0.25, -0.2) is 0 Å². The summed E-state index contributed by atoms with van der Waals surface area (Å²) >= 11 is 5.93. The average Bonchev–Trinajstić information content (AvgIpc) is 2.83. The van der Waals surface area contributed by atoms with Crippen LogP contribution in [-0.2, 0) is 9.59 Å². The highest BCUT2D eigenvalue weighted by molar-refractivity contribution is 6.30. The van der Waals surface area contributed by atoms with Crippen molar-refractivity contribution in [2.75, 3.05) is 38.6 Å². The number of carbonyl (C=O) groups excluding carboxylic acids is 3. The minimum atomic E-state index is -0.333. The lowest BCUT2D eigenvalue weighted by Crippen LogP contribution is -2.48. The molecule has 1 fully saturated rings. The molecule has 0 saturated carbocycles. The first-order chi connectivity index (χ1) is 15.9. The van der Waals surface area contributed by atoms with Gasteiger partial charge in [-0.05, 0) is 55.7 Å². The molecule has 0 radical (unpaired) electrons. The van der Waals surface area contributed by atoms with Crippen LogP contribution in [0.1, 0.15) is 36.5 Å². The zero-order valence-corrected chi connectivity index (χ0v) is 19.8. The van der Waals surface area contributed by atoms with Crippen LogP contribution in [0.15, 0.2) is 48.5 Å². The zero-order valence-electron chi connectivity index (χ0n) is 19.1. The molecule has 0 bridgehead atoms. The number of anilines is 1. The summed E-state index contributed by atoms with van der Waals surface area (Å²) in [5.41, 5.74) is 1.11. The number of amides is 3. The van der Waals surface area contributed by atoms with Crippen LogP contribution in [0.3, 0.4) is 0 Å². The van der Waals surface area contributed by atoms with Gasteiger partial charge in [0.15, 0.2) is 0 Å². The maximum atomic E-state index is 13.3. The fraction of sp³-hybridized carbons (Fsp3) is 0.400. The smallest absolute Gasteiger partial charge is 0.253 e. The molecule has 1 N–H and O–H groups in total. The number of methoxy groups -OCH3 is 1. The van der Waals surface area contributed by atoms with E-state index in [2.05, 4.69) is 5.32 Å². The first kappa shape index (κ1) is 24.6. The summed E-state index contributed by atoms with van der Waals surface area (Å²) in [7, 11) is 1.54. The van der Waals surface area contributed by atoms with E-state index < -0.39 is 0 Å². The van der Waals surface area contributed by atoms with Crippen LogP contribution in [0.5, 0.6) is 5.75 Å². The Morgan fingerprint density at radius 3 is 2.58 bits per heavy atom. The lowest BCUT2D eigenvalue weighted by molar-refractivity contribution is -0.139. The molecule has 1 atom stereocenters. The van der Waals surface area contributed by atoms with E-state index in [1.54, 1.807) is 52.3 Å². The second kappa shape index (κ2) is 11.7. The van der Waals surface area contributed by atoms with Crippen LogP contribution in [0.25, 0.3) is 0 Å². The minimum Gasteiger partial charge on any atom is -0.495 e. The number of para-hydroxylation sites is 2. The Balaban J connectivity index is 1.64. The van der Waals surface area contributed by atoms with Gasteiger partial charge >= 0.3 is 0 Å². The molecule has 33 heavy (non-hydrogen) atoms. The summed E-state index contributed by atoms with van der Waals surface area (Å²) in [4.78, 5) is 42.2. The van der Waals surface area contributed by atoms with Crippen LogP contribution in [0.4, 0.5) is 5.69 Å². The molecule has 0 aromatic heterocycles. The van der Waals surface area contributed by atoms with E-state index in [1.165, 1.54) is 7.11 Å². The van der Waals surface area contributed by atoms with Gasteiger partial charge in [0.25, 0.3) is 5.91 Å². The van der Waals surface area contributed by atoms with Crippen molar-refractivity contribution >= 4 is 35.0 Å². The van der Waals surface area contributed by atoms with E-state index in [0.717, 1.165) is 12.8 Å². The molecule has 8 heteroatoms. The first-order valence-electron chi connectivity index (χ1n) is 11.2. The van der Waals surface area contributed by atoms with E-state index in [0.29, 0.717) is 48.1 Å². The number of benzene rings is 2. The van der Waals surface area contributed by atoms with Crippen molar-refractivity contribution in [1.29, 1.82) is 0 Å². The number of rotatable bonds is 8. The van der Waals surface area contributed by atoms with E-state index in [1.807, 2.05) is 13.0 Å². The third-order valence-corrected chi connectivity index (χ3v) is 5.92. The Morgan fingerprint density at radius 2 is 1.88 bits per heavy atom. The SMILES string of the molecule is CCCN(CC(=O)Nc1ccccc1OC)C(=O)C1CCCN(C(=O)c2ccc(Cl)cc2)C1. The molecule has 2 aromatic carbocycles. The van der Waals surface area contributed by atoms with Crippen LogP contribution >= 0.6 is 11.6 Å². The maximum absolute atomic E-state index is 13.3. The van der Waals surface area contributed by atoms with Crippen molar-refractivity contribution in [2.24, 2.45) is 5.92 Å². The quantitative estimate of drug-likeness (QED) is 0.629. The molecule has 1 heterocycles. The molecule has 3 amide bonds. The predicted molar refractivity (Wildman–Crippen MR) is 129 cm³/mol. The van der Waals surface area contributed by atoms with Crippen molar-refractivity contribution in [3.63, 3.8) is 0 Å². The van der Waals surface area contributed by atoms with Gasteiger partial charge in [0.2, 0.25) is 11.8 Å². The Morgan fingerprint density at radius 1 is 1.15 bits per heavy atom. The predicted octanol–water partition coefficient (Wildman–Crippen LogP) is 4.08. The minimum absolute atomic E-state index is 0.0493. The maximum Gasteiger partial charge on any atom is 0.253 e. The Bertz CT molecular complexity index is 980. The number of piperidine rings is 1. The van der Waals surface area contributed by atoms with Crippen LogP contribution < -0.4 is 10.1 Å². The number of likely N-dealkylation sites (tertiary alicyclic amines) is 1. The number of nitrogens with zero attached hydrogens (tertiary/aromatic N) is 2. The highest BCUT2D eigenvalue weighted by Crippen LogP contribution is 2.24. The molecule has 0 aliphatic carbocycles. The molecular weight excluding hydrogens is 442 g/mol. The summed E-state index contributed by atoms with van der Waals surface area (Å²) in [6.07, 6.45) is 2.16. The molecule has 7 nitrogen and oxygen atoms in total. The molecule has 1 aliphatic heterocycles. The number of carbonyl (C=O) groups is 3. The fourth-order valence-corrected chi connectivity index (χ4v) is 4.17. The summed E-state index contributed by atoms with van der Waals surface area (Å²) in [6.45, 7) is 3.34. The second-order valence-corrected chi connectivity index (χ2v) is 8.54. The van der Waals surface area contributed by atoms with Gasteiger partial charge in [0.1, 0.15) is 5.75 Å². The summed E-state index contributed by atoms with van der Waals surface area (Å²) in [6, 6.07) is 13.9. The Kier molecular flexibility index (Phi) is 8.72. The number of ether oxygens (including phenoxy) is 1. The van der Waals surface area contributed by atoms with Crippen LogP contribution in [-0.4, -0.2) is 60.8 Å². The van der Waals surface area contributed by atoms with E-state index in [-0.39, 0.29) is 30.2 Å². The van der Waals surface area contributed by atoms with Gasteiger partial charge in [0, 0.05) is 30.2 Å². The summed E-state index contributed by atoms with van der Waals surface area (Å²) in [5.74, 6) is -0.268. The molecule has 1 unspecified atom stereocenters. The lowest BCUT2D eigenvalue weighted by Gasteiger charge is -2.35. The topological polar surface area (TPSA) is 79.0 Å². The number of hydrogen-bond acceptors (Lipinski definition) is 4. The molecule has 2 aromatic rings. The van der Waals surface area contributed by atoms with Gasteiger partial charge in [0.05, 0.1) is 25.3 Å². The van der Waals surface area contributed by atoms with Crippen molar-refractivity contribution in [3.05, 3.63) is 59.1 Å². The molecule has 3 rings (SSSR count). The lowest BCUT2D eigenvalue weighted by atomic mass is 9.95. The van der Waals surface area contributed by atoms with Crippen molar-refractivity contribution in [1.82, 2.24) is 9.80 Å². The van der Waals surface area contributed by atoms with E-state index in [4.69, 9.17) is 16.3 Å². The van der Waals surface area contributed by atoms with Crippen LogP contribution in [0, 0.1) is 5.92 Å². The molecular formula is C25H30ClN3O4. The fourth-order valence-electron chi connectivity index (χ4n) is 4.04. The molecule has 1 saturated heterocycles. The third-order valence-electron chi connectivity index (χ3n) is 5.67. The van der Waals surface area contributed by atoms with Gasteiger partial charge < -0.3 is 19.9 Å². The normalized spacial score (nSPS) is 15.6. The second-order valence-electron chi connectivity index (χ2n) is 8.11. The van der Waals surface area contributed by atoms with Crippen molar-refractivity contribution in [3.8, 4) is 5.75 Å². The summed E-state index contributed by atoms with van der Waals surface area (Å²) in [5, 5.41) is 3.40. The van der Waals surface area contributed by atoms with Gasteiger partial charge in [-0.1, -0.05) is 30.7 Å². The number of halogens is 1. The van der Waals surface area contributed by atoms with Gasteiger partial charge in [-0.3, -0.25) is 14.4 Å². The Labute approximate surface area is 199 Å². The number of nitrogens with one attached hydrogen (secondary N) is 1. The Hall–Kier alpha value is -3.06. The molecule has 176 valence electrons. The molecule has 0 spiro atoms. The average molecular weight is 472 g/mol. The number of hydrogen-bond donors (Lipinski definition) is 1. The van der Waals surface area contributed by atoms with Crippen molar-refractivity contribution in [2.45, 2.75) is 26.2 Å². The summed E-state index contributed by atoms with van der Waals surface area (Å²) < 4.78 is 5.28. The van der Waals surface area contributed by atoms with Gasteiger partial charge in [-0.2, -0.15) is 0 Å².